The molecule has 1 heterocycles. The Bertz CT molecular complexity index is 3050. The maximum atomic E-state index is 7.10. The first-order valence-corrected chi connectivity index (χ1v) is 16.3. The highest BCUT2D eigenvalue weighted by Gasteiger charge is 2.22. The number of hydrogen-bond acceptors (Lipinski definition) is 1. The predicted octanol–water partition coefficient (Wildman–Crippen LogP) is 13.3. The molecule has 11 rings (SSSR count). The van der Waals surface area contributed by atoms with Gasteiger partial charge in [0.25, 0.3) is 0 Å². The lowest BCUT2D eigenvalue weighted by Gasteiger charge is -2.16. The summed E-state index contributed by atoms with van der Waals surface area (Å²) in [6, 6.07) is 57.8. The fourth-order valence-corrected chi connectivity index (χ4v) is 8.29. The van der Waals surface area contributed by atoms with Gasteiger partial charge < -0.3 is 4.42 Å². The molecular formula is C46H26O. The van der Waals surface area contributed by atoms with Gasteiger partial charge in [0.05, 0.1) is 0 Å². The molecule has 0 radical (unpaired) electrons. The van der Waals surface area contributed by atoms with Crippen LogP contribution in [0, 0.1) is 0 Å². The molecule has 0 bridgehead atoms. The van der Waals surface area contributed by atoms with E-state index >= 15 is 0 Å². The van der Waals surface area contributed by atoms with Crippen LogP contribution in [0.15, 0.2) is 162 Å². The van der Waals surface area contributed by atoms with Crippen LogP contribution in [0.5, 0.6) is 0 Å². The zero-order chi connectivity index (χ0) is 30.6. The Balaban J connectivity index is 1.31. The van der Waals surface area contributed by atoms with E-state index in [9.17, 15) is 0 Å². The summed E-state index contributed by atoms with van der Waals surface area (Å²) in [5.41, 5.74) is 6.60. The topological polar surface area (TPSA) is 13.1 Å². The summed E-state index contributed by atoms with van der Waals surface area (Å²) in [6.45, 7) is 0. The zero-order valence-corrected chi connectivity index (χ0v) is 25.4. The first-order valence-electron chi connectivity index (χ1n) is 16.3. The third-order valence-corrected chi connectivity index (χ3v) is 10.4. The van der Waals surface area contributed by atoms with Gasteiger partial charge in [-0.1, -0.05) is 140 Å². The van der Waals surface area contributed by atoms with Gasteiger partial charge in [-0.25, -0.2) is 0 Å². The molecule has 0 aliphatic carbocycles. The SMILES string of the molecule is c1ccc2c(c1)cc(-c1ccc(-c3ccc4ccc5cccc6ccc3c4c56)c3oc4c5ccccc5ccc4c13)c1ccccc12. The number of benzene rings is 10. The molecule has 0 atom stereocenters. The minimum absolute atomic E-state index is 0.932. The first kappa shape index (κ1) is 25.1. The van der Waals surface area contributed by atoms with E-state index in [0.29, 0.717) is 0 Å². The maximum Gasteiger partial charge on any atom is 0.143 e. The molecule has 0 aliphatic rings. The number of fused-ring (bicyclic) bond motifs is 8. The lowest BCUT2D eigenvalue weighted by molar-refractivity contribution is 0.674. The van der Waals surface area contributed by atoms with Crippen LogP contribution in [-0.2, 0) is 0 Å². The van der Waals surface area contributed by atoms with Gasteiger partial charge in [-0.05, 0) is 94.1 Å². The van der Waals surface area contributed by atoms with E-state index in [2.05, 4.69) is 158 Å². The Morgan fingerprint density at radius 3 is 1.68 bits per heavy atom. The van der Waals surface area contributed by atoms with E-state index in [4.69, 9.17) is 4.42 Å². The first-order chi connectivity index (χ1) is 23.3. The Kier molecular flexibility index (Phi) is 4.90. The lowest BCUT2D eigenvalue weighted by Crippen LogP contribution is -1.89. The molecule has 0 amide bonds. The highest BCUT2D eigenvalue weighted by Crippen LogP contribution is 2.48. The molecular weight excluding hydrogens is 569 g/mol. The quantitative estimate of drug-likeness (QED) is 0.182. The van der Waals surface area contributed by atoms with Crippen molar-refractivity contribution in [1.29, 1.82) is 0 Å². The van der Waals surface area contributed by atoms with Crippen LogP contribution in [0.2, 0.25) is 0 Å². The van der Waals surface area contributed by atoms with Gasteiger partial charge >= 0.3 is 0 Å². The average molecular weight is 595 g/mol. The van der Waals surface area contributed by atoms with Crippen molar-refractivity contribution in [2.75, 3.05) is 0 Å². The Morgan fingerprint density at radius 1 is 0.255 bits per heavy atom. The highest BCUT2D eigenvalue weighted by atomic mass is 16.3. The van der Waals surface area contributed by atoms with Crippen molar-refractivity contribution < 1.29 is 4.42 Å². The summed E-state index contributed by atoms with van der Waals surface area (Å²) in [5, 5.41) is 17.4. The normalized spacial score (nSPS) is 12.3. The molecule has 0 aliphatic heterocycles. The Labute approximate surface area is 270 Å². The molecule has 1 heteroatoms. The van der Waals surface area contributed by atoms with Gasteiger partial charge in [-0.3, -0.25) is 0 Å². The van der Waals surface area contributed by atoms with Crippen molar-refractivity contribution in [2.45, 2.75) is 0 Å². The largest absolute Gasteiger partial charge is 0.455 e. The minimum Gasteiger partial charge on any atom is -0.455 e. The molecule has 47 heavy (non-hydrogen) atoms. The molecule has 0 spiro atoms. The van der Waals surface area contributed by atoms with E-state index < -0.39 is 0 Å². The van der Waals surface area contributed by atoms with Gasteiger partial charge in [0.1, 0.15) is 11.2 Å². The molecule has 0 unspecified atom stereocenters. The summed E-state index contributed by atoms with van der Waals surface area (Å²) >= 11 is 0. The van der Waals surface area contributed by atoms with Crippen LogP contribution in [-0.4, -0.2) is 0 Å². The maximum absolute atomic E-state index is 7.10. The Hall–Kier alpha value is -6.18. The molecule has 0 saturated heterocycles. The van der Waals surface area contributed by atoms with Gasteiger partial charge in [0.15, 0.2) is 0 Å². The molecule has 0 saturated carbocycles. The second-order valence-electron chi connectivity index (χ2n) is 12.8. The summed E-state index contributed by atoms with van der Waals surface area (Å²) < 4.78 is 7.10. The third kappa shape index (κ3) is 3.38. The summed E-state index contributed by atoms with van der Waals surface area (Å²) in [4.78, 5) is 0. The molecule has 10 aromatic carbocycles. The molecule has 1 aromatic heterocycles. The molecule has 0 fully saturated rings. The summed E-state index contributed by atoms with van der Waals surface area (Å²) in [5.74, 6) is 0. The van der Waals surface area contributed by atoms with E-state index in [1.807, 2.05) is 0 Å². The van der Waals surface area contributed by atoms with Gasteiger partial charge in [0, 0.05) is 21.7 Å². The van der Waals surface area contributed by atoms with Gasteiger partial charge in [0.2, 0.25) is 0 Å². The van der Waals surface area contributed by atoms with E-state index in [0.717, 1.165) is 32.9 Å². The summed E-state index contributed by atoms with van der Waals surface area (Å²) in [7, 11) is 0. The number of hydrogen-bond donors (Lipinski definition) is 0. The van der Waals surface area contributed by atoms with Crippen molar-refractivity contribution in [1.82, 2.24) is 0 Å². The molecule has 0 N–H and O–H groups in total. The number of rotatable bonds is 2. The van der Waals surface area contributed by atoms with Crippen molar-refractivity contribution in [2.24, 2.45) is 0 Å². The van der Waals surface area contributed by atoms with E-state index in [1.165, 1.54) is 75.9 Å². The zero-order valence-electron chi connectivity index (χ0n) is 25.4. The van der Waals surface area contributed by atoms with Crippen molar-refractivity contribution in [3.05, 3.63) is 158 Å². The molecule has 216 valence electrons. The lowest BCUT2D eigenvalue weighted by atomic mass is 9.87. The minimum atomic E-state index is 0.932. The fraction of sp³-hybridized carbons (Fsp3) is 0. The summed E-state index contributed by atoms with van der Waals surface area (Å²) in [6.07, 6.45) is 0. The second-order valence-corrected chi connectivity index (χ2v) is 12.8. The monoisotopic (exact) mass is 594 g/mol. The second kappa shape index (κ2) is 9.19. The van der Waals surface area contributed by atoms with Crippen LogP contribution < -0.4 is 0 Å². The van der Waals surface area contributed by atoms with Crippen molar-refractivity contribution in [3.8, 4) is 22.3 Å². The van der Waals surface area contributed by atoms with E-state index in [-0.39, 0.29) is 0 Å². The Morgan fingerprint density at radius 2 is 0.830 bits per heavy atom. The van der Waals surface area contributed by atoms with Crippen LogP contribution in [0.1, 0.15) is 0 Å². The van der Waals surface area contributed by atoms with E-state index in [1.54, 1.807) is 0 Å². The fourth-order valence-electron chi connectivity index (χ4n) is 8.29. The van der Waals surface area contributed by atoms with Crippen LogP contribution >= 0.6 is 0 Å². The van der Waals surface area contributed by atoms with Crippen LogP contribution in [0.3, 0.4) is 0 Å². The smallest absolute Gasteiger partial charge is 0.143 e. The molecule has 1 nitrogen and oxygen atoms in total. The van der Waals surface area contributed by atoms with Crippen LogP contribution in [0.25, 0.3) is 109 Å². The third-order valence-electron chi connectivity index (χ3n) is 10.4. The standard InChI is InChI=1S/C46H26O/c1-4-13-33-27(8-1)18-23-40-44-38(41-26-31-9-2-3-12-32(31)34-14-5-6-15-35(34)41)24-25-39(46(44)47-45(33)40)36-21-19-30-17-16-28-10-7-11-29-20-22-37(36)43(30)42(28)29/h1-26H. The van der Waals surface area contributed by atoms with Gasteiger partial charge in [-0.2, -0.15) is 0 Å². The average Bonchev–Trinajstić information content (AvgIpc) is 3.54. The number of furan rings is 1. The van der Waals surface area contributed by atoms with Crippen molar-refractivity contribution in [3.63, 3.8) is 0 Å². The van der Waals surface area contributed by atoms with Gasteiger partial charge in [-0.15, -0.1) is 0 Å². The van der Waals surface area contributed by atoms with Crippen LogP contribution in [0.4, 0.5) is 0 Å². The predicted molar refractivity (Wildman–Crippen MR) is 201 cm³/mol. The van der Waals surface area contributed by atoms with Crippen molar-refractivity contribution >= 4 is 86.6 Å². The highest BCUT2D eigenvalue weighted by molar-refractivity contribution is 6.28. The molecule has 11 aromatic rings.